The number of anilines is 2. The molecule has 3 rings (SSSR count). The minimum atomic E-state index is -0.220. The minimum absolute atomic E-state index is 0.0722. The van der Waals surface area contributed by atoms with Gasteiger partial charge in [0.15, 0.2) is 0 Å². The van der Waals surface area contributed by atoms with Gasteiger partial charge in [-0.25, -0.2) is 0 Å². The lowest BCUT2D eigenvalue weighted by Gasteiger charge is -2.23. The zero-order valence-electron chi connectivity index (χ0n) is 10.7. The second-order valence-corrected chi connectivity index (χ2v) is 5.17. The average molecular weight is 286 g/mol. The molecule has 1 heterocycles. The van der Waals surface area contributed by atoms with Crippen LogP contribution in [-0.2, 0) is 16.0 Å². The first-order valence-corrected chi connectivity index (χ1v) is 6.71. The van der Waals surface area contributed by atoms with Gasteiger partial charge in [-0.3, -0.25) is 14.5 Å². The first-order valence-electron chi connectivity index (χ1n) is 6.33. The van der Waals surface area contributed by atoms with Gasteiger partial charge in [0.25, 0.3) is 0 Å². The van der Waals surface area contributed by atoms with Gasteiger partial charge < -0.3 is 0 Å². The normalized spacial score (nSPS) is 14.9. The molecule has 0 radical (unpaired) electrons. The maximum absolute atomic E-state index is 12.4. The molecule has 100 valence electrons. The lowest BCUT2D eigenvalue weighted by molar-refractivity contribution is -0.125. The van der Waals surface area contributed by atoms with Gasteiger partial charge >= 0.3 is 0 Å². The maximum atomic E-state index is 12.4. The Labute approximate surface area is 121 Å². The first kappa shape index (κ1) is 12.9. The van der Waals surface area contributed by atoms with E-state index in [0.717, 1.165) is 11.3 Å². The molecule has 3 nitrogen and oxygen atoms in total. The first-order chi connectivity index (χ1) is 9.65. The molecule has 0 spiro atoms. The highest BCUT2D eigenvalue weighted by Gasteiger charge is 2.27. The number of nitrogens with zero attached hydrogens (tertiary/aromatic N) is 1. The molecule has 0 bridgehead atoms. The molecule has 1 amide bonds. The van der Waals surface area contributed by atoms with E-state index in [-0.39, 0.29) is 24.5 Å². The van der Waals surface area contributed by atoms with Gasteiger partial charge in [-0.05, 0) is 29.8 Å². The Hall–Kier alpha value is -2.13. The molecular weight excluding hydrogens is 274 g/mol. The molecule has 0 fully saturated rings. The second kappa shape index (κ2) is 5.10. The molecule has 0 atom stereocenters. The summed E-state index contributed by atoms with van der Waals surface area (Å²) >= 11 is 6.04. The molecule has 0 saturated carbocycles. The van der Waals surface area contributed by atoms with Crippen LogP contribution in [-0.4, -0.2) is 11.7 Å². The standard InChI is InChI=1S/C16H12ClNO2/c17-12-7-6-11-8-14(19)10-16(20)18(15(11)9-12)13-4-2-1-3-5-13/h1-7,9H,8,10H2. The summed E-state index contributed by atoms with van der Waals surface area (Å²) in [5.74, 6) is -0.292. The van der Waals surface area contributed by atoms with Crippen LogP contribution in [0.15, 0.2) is 48.5 Å². The van der Waals surface area contributed by atoms with Crippen LogP contribution in [0.1, 0.15) is 12.0 Å². The average Bonchev–Trinajstić information content (AvgIpc) is 2.54. The number of hydrogen-bond acceptors (Lipinski definition) is 2. The van der Waals surface area contributed by atoms with Crippen molar-refractivity contribution in [1.29, 1.82) is 0 Å². The summed E-state index contributed by atoms with van der Waals surface area (Å²) in [5, 5.41) is 0.548. The Kier molecular flexibility index (Phi) is 3.28. The highest BCUT2D eigenvalue weighted by molar-refractivity contribution is 6.31. The molecule has 20 heavy (non-hydrogen) atoms. The SMILES string of the molecule is O=C1CC(=O)N(c2ccccc2)c2cc(Cl)ccc2C1. The van der Waals surface area contributed by atoms with E-state index < -0.39 is 0 Å². The number of carbonyl (C=O) groups is 2. The Morgan fingerprint density at radius 1 is 0.950 bits per heavy atom. The topological polar surface area (TPSA) is 37.4 Å². The van der Waals surface area contributed by atoms with Crippen molar-refractivity contribution >= 4 is 34.7 Å². The van der Waals surface area contributed by atoms with Crippen molar-refractivity contribution in [1.82, 2.24) is 0 Å². The van der Waals surface area contributed by atoms with Crippen molar-refractivity contribution in [3.63, 3.8) is 0 Å². The van der Waals surface area contributed by atoms with Gasteiger partial charge in [0, 0.05) is 17.1 Å². The van der Waals surface area contributed by atoms with Crippen LogP contribution in [0.4, 0.5) is 11.4 Å². The number of para-hydroxylation sites is 1. The lowest BCUT2D eigenvalue weighted by atomic mass is 10.1. The van der Waals surface area contributed by atoms with Crippen LogP contribution in [0.3, 0.4) is 0 Å². The van der Waals surface area contributed by atoms with E-state index in [2.05, 4.69) is 0 Å². The predicted molar refractivity (Wildman–Crippen MR) is 78.4 cm³/mol. The van der Waals surface area contributed by atoms with Crippen LogP contribution in [0.25, 0.3) is 0 Å². The quantitative estimate of drug-likeness (QED) is 0.752. The highest BCUT2D eigenvalue weighted by atomic mass is 35.5. The molecule has 1 aliphatic rings. The van der Waals surface area contributed by atoms with Crippen molar-refractivity contribution in [2.45, 2.75) is 12.8 Å². The fourth-order valence-corrected chi connectivity index (χ4v) is 2.58. The molecular formula is C16H12ClNO2. The van der Waals surface area contributed by atoms with Crippen molar-refractivity contribution in [3.8, 4) is 0 Å². The number of Topliss-reactive ketones (excluding diaryl/α,β-unsaturated/α-hetero) is 1. The summed E-state index contributed by atoms with van der Waals surface area (Å²) in [6, 6.07) is 14.6. The zero-order chi connectivity index (χ0) is 14.1. The summed E-state index contributed by atoms with van der Waals surface area (Å²) in [5.41, 5.74) is 2.27. The maximum Gasteiger partial charge on any atom is 0.239 e. The smallest absolute Gasteiger partial charge is 0.239 e. The van der Waals surface area contributed by atoms with Gasteiger partial charge in [-0.15, -0.1) is 0 Å². The monoisotopic (exact) mass is 285 g/mol. The van der Waals surface area contributed by atoms with E-state index in [9.17, 15) is 9.59 Å². The van der Waals surface area contributed by atoms with E-state index in [1.165, 1.54) is 0 Å². The van der Waals surface area contributed by atoms with Gasteiger partial charge in [-0.2, -0.15) is 0 Å². The molecule has 2 aromatic carbocycles. The molecule has 0 saturated heterocycles. The van der Waals surface area contributed by atoms with Crippen molar-refractivity contribution in [3.05, 3.63) is 59.1 Å². The Bertz CT molecular complexity index is 682. The van der Waals surface area contributed by atoms with Gasteiger partial charge in [0.05, 0.1) is 12.1 Å². The molecule has 0 aromatic heterocycles. The van der Waals surface area contributed by atoms with Crippen molar-refractivity contribution in [2.24, 2.45) is 0 Å². The molecule has 1 aliphatic heterocycles. The molecule has 4 heteroatoms. The van der Waals surface area contributed by atoms with Gasteiger partial charge in [-0.1, -0.05) is 35.9 Å². The Morgan fingerprint density at radius 3 is 2.45 bits per heavy atom. The number of hydrogen-bond donors (Lipinski definition) is 0. The molecule has 2 aromatic rings. The zero-order valence-corrected chi connectivity index (χ0v) is 11.4. The van der Waals surface area contributed by atoms with E-state index in [1.807, 2.05) is 36.4 Å². The Morgan fingerprint density at radius 2 is 1.70 bits per heavy atom. The van der Waals surface area contributed by atoms with Crippen molar-refractivity contribution < 1.29 is 9.59 Å². The lowest BCUT2D eigenvalue weighted by Crippen LogP contribution is -2.26. The third kappa shape index (κ3) is 2.32. The molecule has 0 N–H and O–H groups in total. The Balaban J connectivity index is 2.20. The van der Waals surface area contributed by atoms with Crippen LogP contribution in [0, 0.1) is 0 Å². The van der Waals surface area contributed by atoms with Crippen LogP contribution >= 0.6 is 11.6 Å². The van der Waals surface area contributed by atoms with E-state index in [1.54, 1.807) is 17.0 Å². The van der Waals surface area contributed by atoms with E-state index >= 15 is 0 Å². The van der Waals surface area contributed by atoms with Crippen LogP contribution < -0.4 is 4.90 Å². The number of amides is 1. The fourth-order valence-electron chi connectivity index (χ4n) is 2.41. The summed E-state index contributed by atoms with van der Waals surface area (Å²) in [4.78, 5) is 25.8. The summed E-state index contributed by atoms with van der Waals surface area (Å²) in [6.07, 6.45) is 0.183. The number of carbonyl (C=O) groups excluding carboxylic acids is 2. The van der Waals surface area contributed by atoms with E-state index in [0.29, 0.717) is 10.7 Å². The number of fused-ring (bicyclic) bond motifs is 1. The number of benzene rings is 2. The van der Waals surface area contributed by atoms with Gasteiger partial charge in [0.1, 0.15) is 5.78 Å². The summed E-state index contributed by atoms with van der Waals surface area (Å²) in [7, 11) is 0. The number of rotatable bonds is 1. The fraction of sp³-hybridized carbons (Fsp3) is 0.125. The minimum Gasteiger partial charge on any atom is -0.299 e. The third-order valence-electron chi connectivity index (χ3n) is 3.29. The molecule has 0 unspecified atom stereocenters. The number of ketones is 1. The summed E-state index contributed by atoms with van der Waals surface area (Å²) in [6.45, 7) is 0. The highest BCUT2D eigenvalue weighted by Crippen LogP contribution is 2.34. The number of halogens is 1. The largest absolute Gasteiger partial charge is 0.299 e. The third-order valence-corrected chi connectivity index (χ3v) is 3.52. The van der Waals surface area contributed by atoms with Gasteiger partial charge in [0.2, 0.25) is 5.91 Å². The second-order valence-electron chi connectivity index (χ2n) is 4.73. The summed E-state index contributed by atoms with van der Waals surface area (Å²) < 4.78 is 0. The van der Waals surface area contributed by atoms with Crippen LogP contribution in [0.2, 0.25) is 5.02 Å². The molecule has 0 aliphatic carbocycles. The van der Waals surface area contributed by atoms with E-state index in [4.69, 9.17) is 11.6 Å². The van der Waals surface area contributed by atoms with Crippen LogP contribution in [0.5, 0.6) is 0 Å². The predicted octanol–water partition coefficient (Wildman–Crippen LogP) is 3.52. The van der Waals surface area contributed by atoms with Crippen molar-refractivity contribution in [2.75, 3.05) is 4.90 Å².